The van der Waals surface area contributed by atoms with Gasteiger partial charge in [-0.2, -0.15) is 4.99 Å². The quantitative estimate of drug-likeness (QED) is 0.622. The molecule has 0 saturated heterocycles. The minimum Gasteiger partial charge on any atom is -0.506 e. The van der Waals surface area contributed by atoms with Crippen LogP contribution in [-0.2, 0) is 7.05 Å². The predicted molar refractivity (Wildman–Crippen MR) is 117 cm³/mol. The lowest BCUT2D eigenvalue weighted by atomic mass is 9.96. The summed E-state index contributed by atoms with van der Waals surface area (Å²) in [5.41, 5.74) is 7.97. The standard InChI is InChI=1S/C22H23N5O3/c1-26(2)14-10-8-13(9-11-14)16-12-17(23-22(30)25-24-16)19-20(28)15-6-4-5-7-18(15)27(3)21(19)29/h4-11,16,24,28H,12H2,1-3H3,(H,25,30). The molecule has 2 amide bonds. The Morgan fingerprint density at radius 3 is 2.50 bits per heavy atom. The van der Waals surface area contributed by atoms with Gasteiger partial charge in [-0.1, -0.05) is 24.3 Å². The number of aliphatic imine (C=N–C) groups is 1. The molecule has 1 aliphatic rings. The zero-order valence-electron chi connectivity index (χ0n) is 17.0. The molecule has 30 heavy (non-hydrogen) atoms. The van der Waals surface area contributed by atoms with E-state index in [1.54, 1.807) is 31.3 Å². The lowest BCUT2D eigenvalue weighted by Gasteiger charge is -2.19. The molecule has 1 aromatic heterocycles. The van der Waals surface area contributed by atoms with Crippen LogP contribution in [0.1, 0.15) is 23.6 Å². The summed E-state index contributed by atoms with van der Waals surface area (Å²) in [6, 6.07) is 14.0. The normalized spacial score (nSPS) is 16.7. The Kier molecular flexibility index (Phi) is 5.01. The molecule has 0 spiro atoms. The average molecular weight is 405 g/mol. The fraction of sp³-hybridized carbons (Fsp3) is 0.227. The topological polar surface area (TPSA) is 99.0 Å². The molecular weight excluding hydrogens is 382 g/mol. The molecule has 3 aromatic rings. The lowest BCUT2D eigenvalue weighted by Crippen LogP contribution is -2.36. The van der Waals surface area contributed by atoms with Crippen LogP contribution in [0.5, 0.6) is 5.75 Å². The molecule has 1 unspecified atom stereocenters. The molecular formula is C22H23N5O3. The number of anilines is 1. The minimum atomic E-state index is -0.618. The highest BCUT2D eigenvalue weighted by Crippen LogP contribution is 2.30. The molecule has 3 N–H and O–H groups in total. The summed E-state index contributed by atoms with van der Waals surface area (Å²) in [5, 5.41) is 11.4. The van der Waals surface area contributed by atoms with Crippen LogP contribution in [0.4, 0.5) is 10.5 Å². The number of para-hydroxylation sites is 1. The van der Waals surface area contributed by atoms with E-state index < -0.39 is 11.6 Å². The maximum atomic E-state index is 13.0. The van der Waals surface area contributed by atoms with Crippen molar-refractivity contribution in [3.8, 4) is 5.75 Å². The molecule has 0 bridgehead atoms. The third kappa shape index (κ3) is 3.42. The van der Waals surface area contributed by atoms with Gasteiger partial charge in [0.25, 0.3) is 5.56 Å². The van der Waals surface area contributed by atoms with Crippen LogP contribution in [0.15, 0.2) is 58.3 Å². The van der Waals surface area contributed by atoms with E-state index in [0.717, 1.165) is 11.3 Å². The Morgan fingerprint density at radius 2 is 1.80 bits per heavy atom. The van der Waals surface area contributed by atoms with E-state index in [4.69, 9.17) is 0 Å². The smallest absolute Gasteiger partial charge is 0.355 e. The number of urea groups is 1. The van der Waals surface area contributed by atoms with Crippen molar-refractivity contribution in [2.24, 2.45) is 12.0 Å². The number of aryl methyl sites for hydroxylation is 1. The van der Waals surface area contributed by atoms with Gasteiger partial charge in [0.2, 0.25) is 0 Å². The molecule has 2 heterocycles. The van der Waals surface area contributed by atoms with Gasteiger partial charge in [-0.15, -0.1) is 0 Å². The van der Waals surface area contributed by atoms with Crippen molar-refractivity contribution in [2.45, 2.75) is 12.5 Å². The number of carbonyl (C=O) groups excluding carboxylic acids is 1. The van der Waals surface area contributed by atoms with Gasteiger partial charge in [-0.05, 0) is 29.8 Å². The van der Waals surface area contributed by atoms with Crippen molar-refractivity contribution in [3.05, 3.63) is 70.0 Å². The average Bonchev–Trinajstić information content (AvgIpc) is 2.94. The number of hydrogen-bond donors (Lipinski definition) is 3. The summed E-state index contributed by atoms with van der Waals surface area (Å²) in [4.78, 5) is 31.3. The summed E-state index contributed by atoms with van der Waals surface area (Å²) >= 11 is 0. The van der Waals surface area contributed by atoms with E-state index in [1.807, 2.05) is 43.3 Å². The van der Waals surface area contributed by atoms with Crippen molar-refractivity contribution in [1.82, 2.24) is 15.4 Å². The van der Waals surface area contributed by atoms with Crippen LogP contribution in [0.2, 0.25) is 0 Å². The first kappa shape index (κ1) is 19.7. The SMILES string of the molecule is CN(C)c1ccc(C2CC(c3c(O)c4ccccc4n(C)c3=O)=NC(=O)NN2)cc1. The van der Waals surface area contributed by atoms with Crippen molar-refractivity contribution in [1.29, 1.82) is 0 Å². The first-order chi connectivity index (χ1) is 14.4. The van der Waals surface area contributed by atoms with Crippen LogP contribution in [0.3, 0.4) is 0 Å². The highest BCUT2D eigenvalue weighted by atomic mass is 16.3. The third-order valence-corrected chi connectivity index (χ3v) is 5.36. The Morgan fingerprint density at radius 1 is 1.10 bits per heavy atom. The van der Waals surface area contributed by atoms with Crippen LogP contribution < -0.4 is 21.3 Å². The number of benzene rings is 2. The number of rotatable bonds is 3. The third-order valence-electron chi connectivity index (χ3n) is 5.36. The zero-order valence-corrected chi connectivity index (χ0v) is 17.0. The van der Waals surface area contributed by atoms with Gasteiger partial charge < -0.3 is 14.6 Å². The molecule has 154 valence electrons. The second-order valence-electron chi connectivity index (χ2n) is 7.48. The number of nitrogens with zero attached hydrogens (tertiary/aromatic N) is 3. The maximum Gasteiger partial charge on any atom is 0.355 e. The van der Waals surface area contributed by atoms with Crippen molar-refractivity contribution >= 4 is 28.3 Å². The Hall–Kier alpha value is -3.65. The van der Waals surface area contributed by atoms with Crippen molar-refractivity contribution < 1.29 is 9.90 Å². The highest BCUT2D eigenvalue weighted by Gasteiger charge is 2.26. The largest absolute Gasteiger partial charge is 0.506 e. The number of fused-ring (bicyclic) bond motifs is 1. The van der Waals surface area contributed by atoms with Gasteiger partial charge in [0.05, 0.1) is 17.3 Å². The summed E-state index contributed by atoms with van der Waals surface area (Å²) in [6.07, 6.45) is 0.251. The fourth-order valence-corrected chi connectivity index (χ4v) is 3.69. The van der Waals surface area contributed by atoms with Crippen LogP contribution in [0, 0.1) is 0 Å². The summed E-state index contributed by atoms with van der Waals surface area (Å²) in [5.74, 6) is -0.163. The monoisotopic (exact) mass is 405 g/mol. The van der Waals surface area contributed by atoms with Crippen LogP contribution in [0.25, 0.3) is 10.9 Å². The molecule has 8 heteroatoms. The fourth-order valence-electron chi connectivity index (χ4n) is 3.69. The van der Waals surface area contributed by atoms with Gasteiger partial charge in [-0.3, -0.25) is 10.2 Å². The van der Waals surface area contributed by atoms with Gasteiger partial charge in [0, 0.05) is 38.6 Å². The maximum absolute atomic E-state index is 13.0. The molecule has 0 saturated carbocycles. The van der Waals surface area contributed by atoms with Gasteiger partial charge in [-0.25, -0.2) is 10.2 Å². The summed E-state index contributed by atoms with van der Waals surface area (Å²) in [6.45, 7) is 0. The molecule has 4 rings (SSSR count). The molecule has 8 nitrogen and oxygen atoms in total. The van der Waals surface area contributed by atoms with Crippen molar-refractivity contribution in [3.63, 3.8) is 0 Å². The number of aromatic hydroxyl groups is 1. The number of carbonyl (C=O) groups is 1. The molecule has 0 aliphatic carbocycles. The van der Waals surface area contributed by atoms with Crippen LogP contribution >= 0.6 is 0 Å². The van der Waals surface area contributed by atoms with E-state index in [9.17, 15) is 14.7 Å². The second kappa shape index (κ2) is 7.64. The second-order valence-corrected chi connectivity index (χ2v) is 7.48. The van der Waals surface area contributed by atoms with E-state index in [2.05, 4.69) is 15.8 Å². The molecule has 1 atom stereocenters. The lowest BCUT2D eigenvalue weighted by molar-refractivity contribution is 0.244. The van der Waals surface area contributed by atoms with Gasteiger partial charge in [0.1, 0.15) is 11.3 Å². The van der Waals surface area contributed by atoms with E-state index in [0.29, 0.717) is 10.9 Å². The first-order valence-corrected chi connectivity index (χ1v) is 9.58. The Bertz CT molecular complexity index is 1210. The Labute approximate surface area is 173 Å². The van der Waals surface area contributed by atoms with Gasteiger partial charge >= 0.3 is 6.03 Å². The highest BCUT2D eigenvalue weighted by molar-refractivity contribution is 6.11. The predicted octanol–water partition coefficient (Wildman–Crippen LogP) is 2.46. The number of hydrazine groups is 1. The Balaban J connectivity index is 1.80. The number of aromatic nitrogens is 1. The summed E-state index contributed by atoms with van der Waals surface area (Å²) in [7, 11) is 5.56. The van der Waals surface area contributed by atoms with Crippen molar-refractivity contribution in [2.75, 3.05) is 19.0 Å². The molecule has 0 fully saturated rings. The molecule has 2 aromatic carbocycles. The number of pyridine rings is 1. The van der Waals surface area contributed by atoms with Crippen LogP contribution in [-0.4, -0.2) is 35.5 Å². The zero-order chi connectivity index (χ0) is 21.4. The molecule has 0 radical (unpaired) electrons. The number of nitrogens with one attached hydrogen (secondary N) is 2. The van der Waals surface area contributed by atoms with Gasteiger partial charge in [0.15, 0.2) is 0 Å². The van der Waals surface area contributed by atoms with E-state index in [-0.39, 0.29) is 29.5 Å². The van der Waals surface area contributed by atoms with E-state index in [1.165, 1.54) is 4.57 Å². The number of hydrogen-bond acceptors (Lipinski definition) is 5. The molecule has 1 aliphatic heterocycles. The number of amides is 2. The summed E-state index contributed by atoms with van der Waals surface area (Å²) < 4.78 is 1.46. The first-order valence-electron chi connectivity index (χ1n) is 9.58. The minimum absolute atomic E-state index is 0.0463. The van der Waals surface area contributed by atoms with E-state index >= 15 is 0 Å².